The maximum absolute atomic E-state index is 14.8. The van der Waals surface area contributed by atoms with Gasteiger partial charge in [-0.25, -0.2) is 18.4 Å². The van der Waals surface area contributed by atoms with E-state index in [2.05, 4.69) is 0 Å². The third-order valence-electron chi connectivity index (χ3n) is 5.25. The van der Waals surface area contributed by atoms with E-state index in [1.165, 1.54) is 30.3 Å². The predicted octanol–water partition coefficient (Wildman–Crippen LogP) is 4.08. The number of carbonyl (C=O) groups is 2. The van der Waals surface area contributed by atoms with Gasteiger partial charge in [-0.3, -0.25) is 4.90 Å². The lowest BCUT2D eigenvalue weighted by atomic mass is 10.1. The molecular weight excluding hydrogens is 416 g/mol. The molecule has 3 rings (SSSR count). The zero-order chi connectivity index (χ0) is 22.0. The lowest BCUT2D eigenvalue weighted by Gasteiger charge is -2.29. The Labute approximate surface area is 178 Å². The van der Waals surface area contributed by atoms with Crippen LogP contribution in [-0.4, -0.2) is 60.1 Å². The molecule has 1 saturated heterocycles. The predicted molar refractivity (Wildman–Crippen MR) is 110 cm³/mol. The second-order valence-electron chi connectivity index (χ2n) is 7.41. The van der Waals surface area contributed by atoms with E-state index in [0.717, 1.165) is 17.4 Å². The van der Waals surface area contributed by atoms with Gasteiger partial charge in [-0.05, 0) is 44.8 Å². The smallest absolute Gasteiger partial charge is 0.335 e. The van der Waals surface area contributed by atoms with Gasteiger partial charge in [-0.1, -0.05) is 23.7 Å². The molecule has 0 radical (unpaired) electrons. The molecule has 0 bridgehead atoms. The summed E-state index contributed by atoms with van der Waals surface area (Å²) in [6, 6.07) is 7.40. The minimum Gasteiger partial charge on any atom is -0.478 e. The second-order valence-corrected chi connectivity index (χ2v) is 7.81. The number of hydrogen-bond donors (Lipinski definition) is 1. The SMILES string of the molecule is CN(C)[C@@H]1CCN(C(=O)N(Cc2ccc(C(=O)O)cc2F)c2cccc(Cl)c2F)C1. The fraction of sp³-hybridized carbons (Fsp3) is 0.333. The summed E-state index contributed by atoms with van der Waals surface area (Å²) in [4.78, 5) is 29.1. The molecule has 1 aliphatic rings. The van der Waals surface area contributed by atoms with E-state index < -0.39 is 23.6 Å². The molecular formula is C21H22ClF2N3O3. The molecule has 30 heavy (non-hydrogen) atoms. The number of rotatable bonds is 5. The fourth-order valence-electron chi connectivity index (χ4n) is 3.44. The van der Waals surface area contributed by atoms with Crippen molar-refractivity contribution >= 4 is 29.3 Å². The molecule has 160 valence electrons. The van der Waals surface area contributed by atoms with Crippen LogP contribution in [0.4, 0.5) is 19.3 Å². The Morgan fingerprint density at radius 2 is 1.97 bits per heavy atom. The summed E-state index contributed by atoms with van der Waals surface area (Å²) in [6.07, 6.45) is 0.770. The van der Waals surface area contributed by atoms with Gasteiger partial charge < -0.3 is 14.9 Å². The summed E-state index contributed by atoms with van der Waals surface area (Å²) in [7, 11) is 3.85. The van der Waals surface area contributed by atoms with Gasteiger partial charge in [0, 0.05) is 24.7 Å². The fourth-order valence-corrected chi connectivity index (χ4v) is 3.61. The van der Waals surface area contributed by atoms with E-state index in [1.54, 1.807) is 4.90 Å². The Morgan fingerprint density at radius 1 is 1.23 bits per heavy atom. The summed E-state index contributed by atoms with van der Waals surface area (Å²) < 4.78 is 29.3. The van der Waals surface area contributed by atoms with E-state index in [9.17, 15) is 18.4 Å². The highest BCUT2D eigenvalue weighted by atomic mass is 35.5. The van der Waals surface area contributed by atoms with Crippen LogP contribution in [-0.2, 0) is 6.54 Å². The number of benzene rings is 2. The lowest BCUT2D eigenvalue weighted by Crippen LogP contribution is -2.43. The molecule has 1 atom stereocenters. The highest BCUT2D eigenvalue weighted by Crippen LogP contribution is 2.29. The van der Waals surface area contributed by atoms with E-state index in [1.807, 2.05) is 19.0 Å². The van der Waals surface area contributed by atoms with Crippen molar-refractivity contribution in [3.8, 4) is 0 Å². The molecule has 1 fully saturated rings. The minimum atomic E-state index is -1.26. The summed E-state index contributed by atoms with van der Waals surface area (Å²) >= 11 is 5.90. The Kier molecular flexibility index (Phi) is 6.58. The van der Waals surface area contributed by atoms with Gasteiger partial charge in [0.2, 0.25) is 0 Å². The Balaban J connectivity index is 1.95. The average Bonchev–Trinajstić information content (AvgIpc) is 3.19. The highest BCUT2D eigenvalue weighted by molar-refractivity contribution is 6.31. The molecule has 1 heterocycles. The number of likely N-dealkylation sites (N-methyl/N-ethyl adjacent to an activating group) is 1. The molecule has 0 aromatic heterocycles. The monoisotopic (exact) mass is 437 g/mol. The quantitative estimate of drug-likeness (QED) is 0.765. The molecule has 1 aliphatic heterocycles. The van der Waals surface area contributed by atoms with Crippen LogP contribution >= 0.6 is 11.6 Å². The van der Waals surface area contributed by atoms with Crippen molar-refractivity contribution in [1.82, 2.24) is 9.80 Å². The first-order valence-corrected chi connectivity index (χ1v) is 9.75. The van der Waals surface area contributed by atoms with Crippen molar-refractivity contribution in [1.29, 1.82) is 0 Å². The lowest BCUT2D eigenvalue weighted by molar-refractivity contribution is 0.0696. The van der Waals surface area contributed by atoms with Crippen molar-refractivity contribution in [3.05, 3.63) is 64.2 Å². The maximum Gasteiger partial charge on any atom is 0.335 e. The third-order valence-corrected chi connectivity index (χ3v) is 5.54. The molecule has 6 nitrogen and oxygen atoms in total. The third kappa shape index (κ3) is 4.55. The summed E-state index contributed by atoms with van der Waals surface area (Å²) in [5.74, 6) is -2.83. The van der Waals surface area contributed by atoms with Crippen LogP contribution < -0.4 is 4.90 Å². The number of anilines is 1. The standard InChI is InChI=1S/C21H22ClF2N3O3/c1-25(2)15-8-9-26(12-15)21(30)27(18-5-3-4-16(22)19(18)24)11-14-7-6-13(20(28)29)10-17(14)23/h3-7,10,15H,8-9,11-12H2,1-2H3,(H,28,29)/t15-/m1/s1. The van der Waals surface area contributed by atoms with Gasteiger partial charge in [-0.15, -0.1) is 0 Å². The zero-order valence-corrected chi connectivity index (χ0v) is 17.4. The summed E-state index contributed by atoms with van der Waals surface area (Å²) in [5, 5.41) is 8.87. The Morgan fingerprint density at radius 3 is 2.57 bits per heavy atom. The van der Waals surface area contributed by atoms with Gasteiger partial charge in [0.25, 0.3) is 0 Å². The molecule has 0 unspecified atom stereocenters. The van der Waals surface area contributed by atoms with Crippen LogP contribution in [0.3, 0.4) is 0 Å². The van der Waals surface area contributed by atoms with Gasteiger partial charge in [0.15, 0.2) is 5.82 Å². The van der Waals surface area contributed by atoms with Crippen LogP contribution in [0.5, 0.6) is 0 Å². The number of hydrogen-bond acceptors (Lipinski definition) is 3. The van der Waals surface area contributed by atoms with Gasteiger partial charge >= 0.3 is 12.0 Å². The number of amides is 2. The molecule has 0 saturated carbocycles. The first-order valence-electron chi connectivity index (χ1n) is 9.37. The molecule has 2 aromatic carbocycles. The molecule has 2 amide bonds. The molecule has 1 N–H and O–H groups in total. The Hall–Kier alpha value is -2.71. The number of urea groups is 1. The number of carboxylic acid groups (broad SMARTS) is 1. The normalized spacial score (nSPS) is 16.2. The first kappa shape index (κ1) is 22.0. The number of aromatic carboxylic acids is 1. The van der Waals surface area contributed by atoms with E-state index in [4.69, 9.17) is 16.7 Å². The zero-order valence-electron chi connectivity index (χ0n) is 16.6. The molecule has 2 aromatic rings. The number of halogens is 3. The number of likely N-dealkylation sites (tertiary alicyclic amines) is 1. The van der Waals surface area contributed by atoms with Crippen LogP contribution in [0.15, 0.2) is 36.4 Å². The first-order chi connectivity index (χ1) is 14.2. The maximum atomic E-state index is 14.8. The van der Waals surface area contributed by atoms with Crippen LogP contribution in [0.25, 0.3) is 0 Å². The van der Waals surface area contributed by atoms with E-state index in [0.29, 0.717) is 13.1 Å². The van der Waals surface area contributed by atoms with Crippen LogP contribution in [0, 0.1) is 11.6 Å². The average molecular weight is 438 g/mol. The van der Waals surface area contributed by atoms with Crippen molar-refractivity contribution in [2.75, 3.05) is 32.1 Å². The van der Waals surface area contributed by atoms with Crippen LogP contribution in [0.1, 0.15) is 22.3 Å². The van der Waals surface area contributed by atoms with Gasteiger partial charge in [0.1, 0.15) is 5.82 Å². The van der Waals surface area contributed by atoms with Crippen molar-refractivity contribution < 1.29 is 23.5 Å². The number of carboxylic acids is 1. The topological polar surface area (TPSA) is 64.1 Å². The van der Waals surface area contributed by atoms with Gasteiger partial charge in [0.05, 0.1) is 22.8 Å². The largest absolute Gasteiger partial charge is 0.478 e. The highest BCUT2D eigenvalue weighted by Gasteiger charge is 2.32. The molecule has 9 heteroatoms. The van der Waals surface area contributed by atoms with Crippen molar-refractivity contribution in [2.45, 2.75) is 19.0 Å². The van der Waals surface area contributed by atoms with E-state index in [-0.39, 0.29) is 34.4 Å². The summed E-state index contributed by atoms with van der Waals surface area (Å²) in [6.45, 7) is 0.677. The molecule has 0 aliphatic carbocycles. The number of carbonyl (C=O) groups excluding carboxylic acids is 1. The van der Waals surface area contributed by atoms with Crippen LogP contribution in [0.2, 0.25) is 5.02 Å². The minimum absolute atomic E-state index is 0.0658. The molecule has 0 spiro atoms. The second kappa shape index (κ2) is 8.97. The van der Waals surface area contributed by atoms with Crippen molar-refractivity contribution in [3.63, 3.8) is 0 Å². The Bertz CT molecular complexity index is 971. The van der Waals surface area contributed by atoms with Crippen molar-refractivity contribution in [2.24, 2.45) is 0 Å². The van der Waals surface area contributed by atoms with E-state index >= 15 is 0 Å². The number of nitrogens with zero attached hydrogens (tertiary/aromatic N) is 3. The van der Waals surface area contributed by atoms with Gasteiger partial charge in [-0.2, -0.15) is 0 Å². The summed E-state index contributed by atoms with van der Waals surface area (Å²) in [5.41, 5.74) is -0.213.